The predicted molar refractivity (Wildman–Crippen MR) is 77.8 cm³/mol. The molecule has 0 saturated heterocycles. The van der Waals surface area contributed by atoms with Gasteiger partial charge < -0.3 is 5.32 Å². The smallest absolute Gasteiger partial charge is 0.253 e. The molecule has 1 unspecified atom stereocenters. The topological polar surface area (TPSA) is 42.0 Å². The monoisotopic (exact) mass is 300 g/mol. The molecule has 1 aliphatic rings. The second kappa shape index (κ2) is 5.68. The van der Waals surface area contributed by atoms with E-state index in [2.05, 4.69) is 24.1 Å². The normalized spacial score (nSPS) is 22.0. The molecular formula is C14H18Cl2N2O. The van der Waals surface area contributed by atoms with Gasteiger partial charge in [-0.1, -0.05) is 49.9 Å². The highest BCUT2D eigenvalue weighted by atomic mass is 35.5. The van der Waals surface area contributed by atoms with Crippen molar-refractivity contribution in [1.29, 1.82) is 0 Å². The van der Waals surface area contributed by atoms with Gasteiger partial charge in [-0.2, -0.15) is 0 Å². The molecule has 0 bridgehead atoms. The van der Waals surface area contributed by atoms with Crippen molar-refractivity contribution in [2.75, 3.05) is 0 Å². The molecule has 0 aromatic carbocycles. The molecule has 1 aromatic heterocycles. The number of nitrogens with zero attached hydrogens (tertiary/aromatic N) is 1. The van der Waals surface area contributed by atoms with E-state index in [1.807, 2.05) is 0 Å². The van der Waals surface area contributed by atoms with E-state index in [0.717, 1.165) is 19.3 Å². The molecule has 1 aromatic rings. The van der Waals surface area contributed by atoms with Crippen LogP contribution in [0.4, 0.5) is 0 Å². The molecule has 1 aliphatic carbocycles. The summed E-state index contributed by atoms with van der Waals surface area (Å²) in [7, 11) is 0. The molecule has 0 radical (unpaired) electrons. The summed E-state index contributed by atoms with van der Waals surface area (Å²) in [4.78, 5) is 16.1. The van der Waals surface area contributed by atoms with Crippen LogP contribution < -0.4 is 5.32 Å². The molecule has 1 N–H and O–H groups in total. The van der Waals surface area contributed by atoms with Gasteiger partial charge in [0.1, 0.15) is 5.15 Å². The van der Waals surface area contributed by atoms with E-state index in [1.54, 1.807) is 0 Å². The van der Waals surface area contributed by atoms with E-state index in [-0.39, 0.29) is 22.5 Å². The average molecular weight is 301 g/mol. The maximum absolute atomic E-state index is 12.3. The first-order valence-electron chi connectivity index (χ1n) is 6.52. The van der Waals surface area contributed by atoms with Crippen LogP contribution in [-0.2, 0) is 0 Å². The quantitative estimate of drug-likeness (QED) is 0.836. The van der Waals surface area contributed by atoms with Crippen molar-refractivity contribution in [3.8, 4) is 0 Å². The Balaban J connectivity index is 2.14. The lowest BCUT2D eigenvalue weighted by molar-refractivity contribution is 0.0853. The van der Waals surface area contributed by atoms with Crippen LogP contribution in [0.5, 0.6) is 0 Å². The molecule has 1 atom stereocenters. The van der Waals surface area contributed by atoms with E-state index in [4.69, 9.17) is 23.2 Å². The average Bonchev–Trinajstić information content (AvgIpc) is 2.34. The Labute approximate surface area is 123 Å². The number of rotatable bonds is 2. The van der Waals surface area contributed by atoms with Crippen LogP contribution in [0.25, 0.3) is 0 Å². The minimum Gasteiger partial charge on any atom is -0.349 e. The number of pyridine rings is 1. The molecule has 1 amide bonds. The van der Waals surface area contributed by atoms with Crippen molar-refractivity contribution in [2.45, 2.75) is 45.6 Å². The minimum absolute atomic E-state index is 0.122. The van der Waals surface area contributed by atoms with Crippen molar-refractivity contribution >= 4 is 29.1 Å². The summed E-state index contributed by atoms with van der Waals surface area (Å²) in [6.07, 6.45) is 5.92. The number of nitrogens with one attached hydrogen (secondary N) is 1. The molecule has 0 aliphatic heterocycles. The fourth-order valence-electron chi connectivity index (χ4n) is 2.58. The van der Waals surface area contributed by atoms with Gasteiger partial charge in [-0.25, -0.2) is 4.98 Å². The number of hydrogen-bond acceptors (Lipinski definition) is 2. The molecule has 1 heterocycles. The number of aromatic nitrogens is 1. The summed E-state index contributed by atoms with van der Waals surface area (Å²) >= 11 is 11.8. The molecule has 1 saturated carbocycles. The Morgan fingerprint density at radius 2 is 2.16 bits per heavy atom. The van der Waals surface area contributed by atoms with Gasteiger partial charge in [0.15, 0.2) is 0 Å². The zero-order valence-corrected chi connectivity index (χ0v) is 12.7. The largest absolute Gasteiger partial charge is 0.349 e. The highest BCUT2D eigenvalue weighted by Gasteiger charge is 2.33. The van der Waals surface area contributed by atoms with E-state index in [9.17, 15) is 4.79 Å². The molecule has 1 fully saturated rings. The number of carbonyl (C=O) groups is 1. The van der Waals surface area contributed by atoms with Gasteiger partial charge in [0.25, 0.3) is 5.91 Å². The summed E-state index contributed by atoms with van der Waals surface area (Å²) in [5, 5.41) is 3.69. The second-order valence-corrected chi connectivity index (χ2v) is 6.54. The van der Waals surface area contributed by atoms with Crippen LogP contribution in [0.3, 0.4) is 0 Å². The Hall–Kier alpha value is -0.800. The second-order valence-electron chi connectivity index (χ2n) is 5.75. The molecule has 0 spiro atoms. The van der Waals surface area contributed by atoms with Gasteiger partial charge in [0, 0.05) is 12.2 Å². The van der Waals surface area contributed by atoms with E-state index in [1.165, 1.54) is 18.7 Å². The van der Waals surface area contributed by atoms with Gasteiger partial charge in [0.2, 0.25) is 0 Å². The zero-order chi connectivity index (χ0) is 14.0. The summed E-state index contributed by atoms with van der Waals surface area (Å²) in [6.45, 7) is 4.39. The molecule has 104 valence electrons. The third-order valence-electron chi connectivity index (χ3n) is 3.88. The molecule has 19 heavy (non-hydrogen) atoms. The van der Waals surface area contributed by atoms with Gasteiger partial charge in [-0.15, -0.1) is 0 Å². The summed E-state index contributed by atoms with van der Waals surface area (Å²) in [6, 6.07) is 1.69. The molecular weight excluding hydrogens is 283 g/mol. The van der Waals surface area contributed by atoms with Crippen LogP contribution in [-0.4, -0.2) is 16.9 Å². The van der Waals surface area contributed by atoms with Crippen molar-refractivity contribution in [3.05, 3.63) is 28.0 Å². The summed E-state index contributed by atoms with van der Waals surface area (Å²) in [5.41, 5.74) is 0.514. The predicted octanol–water partition coefficient (Wildman–Crippen LogP) is 4.09. The Bertz CT molecular complexity index is 488. The third kappa shape index (κ3) is 3.40. The first-order chi connectivity index (χ1) is 8.90. The van der Waals surface area contributed by atoms with Gasteiger partial charge in [0.05, 0.1) is 10.6 Å². The highest BCUT2D eigenvalue weighted by molar-refractivity contribution is 6.35. The minimum atomic E-state index is -0.172. The summed E-state index contributed by atoms with van der Waals surface area (Å²) < 4.78 is 0. The maximum atomic E-state index is 12.3. The fourth-order valence-corrected chi connectivity index (χ4v) is 2.93. The first kappa shape index (κ1) is 14.6. The molecule has 2 rings (SSSR count). The van der Waals surface area contributed by atoms with Crippen molar-refractivity contribution < 1.29 is 4.79 Å². The molecule has 5 heteroatoms. The number of amides is 1. The fraction of sp³-hybridized carbons (Fsp3) is 0.571. The maximum Gasteiger partial charge on any atom is 0.253 e. The Morgan fingerprint density at radius 1 is 1.42 bits per heavy atom. The number of halogens is 2. The van der Waals surface area contributed by atoms with Gasteiger partial charge in [-0.3, -0.25) is 4.79 Å². The number of carbonyl (C=O) groups excluding carboxylic acids is 1. The SMILES string of the molecule is CC1(C)CCCCC1NC(=O)c1cc(Cl)ncc1Cl. The van der Waals surface area contributed by atoms with Crippen LogP contribution in [0.1, 0.15) is 49.9 Å². The van der Waals surface area contributed by atoms with Crippen molar-refractivity contribution in [1.82, 2.24) is 10.3 Å². The van der Waals surface area contributed by atoms with Crippen LogP contribution in [0.2, 0.25) is 10.2 Å². The van der Waals surface area contributed by atoms with Crippen molar-refractivity contribution in [2.24, 2.45) is 5.41 Å². The lowest BCUT2D eigenvalue weighted by Gasteiger charge is -2.39. The highest BCUT2D eigenvalue weighted by Crippen LogP contribution is 2.35. The van der Waals surface area contributed by atoms with Crippen LogP contribution in [0, 0.1) is 5.41 Å². The Kier molecular flexibility index (Phi) is 4.36. The molecule has 3 nitrogen and oxygen atoms in total. The standard InChI is InChI=1S/C14H18Cl2N2O/c1-14(2)6-4-3-5-11(14)18-13(19)9-7-12(16)17-8-10(9)15/h7-8,11H,3-6H2,1-2H3,(H,18,19). The third-order valence-corrected chi connectivity index (χ3v) is 4.39. The Morgan fingerprint density at radius 3 is 2.84 bits per heavy atom. The van der Waals surface area contributed by atoms with E-state index >= 15 is 0 Å². The first-order valence-corrected chi connectivity index (χ1v) is 7.28. The van der Waals surface area contributed by atoms with Gasteiger partial charge in [-0.05, 0) is 24.3 Å². The number of hydrogen-bond donors (Lipinski definition) is 1. The lowest BCUT2D eigenvalue weighted by Crippen LogP contribution is -2.46. The summed E-state index contributed by atoms with van der Waals surface area (Å²) in [5.74, 6) is -0.172. The van der Waals surface area contributed by atoms with Gasteiger partial charge >= 0.3 is 0 Å². The van der Waals surface area contributed by atoms with Crippen LogP contribution in [0.15, 0.2) is 12.3 Å². The van der Waals surface area contributed by atoms with E-state index in [0.29, 0.717) is 10.6 Å². The lowest BCUT2D eigenvalue weighted by atomic mass is 9.73. The van der Waals surface area contributed by atoms with E-state index < -0.39 is 0 Å². The van der Waals surface area contributed by atoms with Crippen molar-refractivity contribution in [3.63, 3.8) is 0 Å². The van der Waals surface area contributed by atoms with Crippen LogP contribution >= 0.6 is 23.2 Å². The zero-order valence-electron chi connectivity index (χ0n) is 11.2.